The van der Waals surface area contributed by atoms with Gasteiger partial charge in [-0.15, -0.1) is 10.2 Å². The fraction of sp³-hybridized carbons (Fsp3) is 0.500. The van der Waals surface area contributed by atoms with Crippen molar-refractivity contribution in [3.8, 4) is 0 Å². The zero-order valence-electron chi connectivity index (χ0n) is 14.6. The van der Waals surface area contributed by atoms with Crippen LogP contribution in [0.3, 0.4) is 0 Å². The molecule has 0 aliphatic carbocycles. The van der Waals surface area contributed by atoms with Crippen molar-refractivity contribution in [2.24, 2.45) is 0 Å². The van der Waals surface area contributed by atoms with Crippen LogP contribution in [0.5, 0.6) is 0 Å². The van der Waals surface area contributed by atoms with Crippen LogP contribution >= 0.6 is 23.1 Å². The summed E-state index contributed by atoms with van der Waals surface area (Å²) in [6.45, 7) is 5.03. The number of benzene rings is 1. The fourth-order valence-electron chi connectivity index (χ4n) is 3.10. The summed E-state index contributed by atoms with van der Waals surface area (Å²) in [6.07, 6.45) is 4.51. The van der Waals surface area contributed by atoms with E-state index in [0.29, 0.717) is 6.04 Å². The van der Waals surface area contributed by atoms with Gasteiger partial charge in [0.1, 0.15) is 0 Å². The first-order chi connectivity index (χ1) is 12.2. The van der Waals surface area contributed by atoms with Crippen LogP contribution in [0.4, 0.5) is 10.8 Å². The van der Waals surface area contributed by atoms with Crippen molar-refractivity contribution in [1.29, 1.82) is 0 Å². The molecule has 1 aromatic carbocycles. The van der Waals surface area contributed by atoms with E-state index in [-0.39, 0.29) is 11.2 Å². The van der Waals surface area contributed by atoms with Crippen LogP contribution in [-0.4, -0.2) is 38.8 Å². The SMILES string of the molecule is CC[C@@H]1CCCCN1C(=O)[C@H](C)Sc1nnc(Nc2ccccc2)s1. The number of hydrogen-bond donors (Lipinski definition) is 1. The average molecular weight is 377 g/mol. The zero-order valence-corrected chi connectivity index (χ0v) is 16.3. The molecule has 1 fully saturated rings. The first-order valence-corrected chi connectivity index (χ1v) is 10.5. The molecule has 1 N–H and O–H groups in total. The smallest absolute Gasteiger partial charge is 0.236 e. The molecule has 1 aliphatic rings. The Hall–Kier alpha value is -1.60. The highest BCUT2D eigenvalue weighted by atomic mass is 32.2. The molecule has 1 aromatic heterocycles. The summed E-state index contributed by atoms with van der Waals surface area (Å²) in [5, 5.41) is 12.3. The van der Waals surface area contributed by atoms with E-state index in [0.717, 1.165) is 41.0 Å². The highest BCUT2D eigenvalue weighted by Gasteiger charge is 2.29. The van der Waals surface area contributed by atoms with E-state index in [2.05, 4.69) is 27.3 Å². The quantitative estimate of drug-likeness (QED) is 0.749. The van der Waals surface area contributed by atoms with Gasteiger partial charge in [-0.05, 0) is 44.7 Å². The van der Waals surface area contributed by atoms with Crippen molar-refractivity contribution in [2.75, 3.05) is 11.9 Å². The highest BCUT2D eigenvalue weighted by molar-refractivity contribution is 8.02. The Morgan fingerprint density at radius 2 is 2.16 bits per heavy atom. The molecule has 1 amide bonds. The average Bonchev–Trinajstić information content (AvgIpc) is 3.08. The van der Waals surface area contributed by atoms with Gasteiger partial charge in [0.15, 0.2) is 4.34 Å². The number of nitrogens with one attached hydrogen (secondary N) is 1. The number of aromatic nitrogens is 2. The number of nitrogens with zero attached hydrogens (tertiary/aromatic N) is 3. The molecule has 0 spiro atoms. The van der Waals surface area contributed by atoms with Crippen LogP contribution in [0.15, 0.2) is 34.7 Å². The third-order valence-corrected chi connectivity index (χ3v) is 6.45. The molecular formula is C18H24N4OS2. The number of rotatable bonds is 6. The largest absolute Gasteiger partial charge is 0.339 e. The maximum atomic E-state index is 12.8. The van der Waals surface area contributed by atoms with Gasteiger partial charge in [-0.3, -0.25) is 4.79 Å². The van der Waals surface area contributed by atoms with Gasteiger partial charge in [-0.25, -0.2) is 0 Å². The summed E-state index contributed by atoms with van der Waals surface area (Å²) < 4.78 is 0.823. The van der Waals surface area contributed by atoms with Crippen LogP contribution in [0.2, 0.25) is 0 Å². The minimum absolute atomic E-state index is 0.135. The van der Waals surface area contributed by atoms with Gasteiger partial charge in [0, 0.05) is 18.3 Å². The minimum atomic E-state index is -0.135. The molecule has 2 atom stereocenters. The van der Waals surface area contributed by atoms with Gasteiger partial charge in [-0.1, -0.05) is 48.2 Å². The fourth-order valence-corrected chi connectivity index (χ4v) is 5.09. The summed E-state index contributed by atoms with van der Waals surface area (Å²) in [6, 6.07) is 10.3. The second kappa shape index (κ2) is 8.67. The number of hydrogen-bond acceptors (Lipinski definition) is 6. The summed E-state index contributed by atoms with van der Waals surface area (Å²) in [5.41, 5.74) is 0.985. The third kappa shape index (κ3) is 4.73. The van der Waals surface area contributed by atoms with E-state index in [4.69, 9.17) is 0 Å². The Balaban J connectivity index is 1.59. The normalized spacial score (nSPS) is 18.8. The Morgan fingerprint density at radius 1 is 1.36 bits per heavy atom. The van der Waals surface area contributed by atoms with E-state index in [1.807, 2.05) is 37.3 Å². The second-order valence-electron chi connectivity index (χ2n) is 6.21. The van der Waals surface area contributed by atoms with Gasteiger partial charge >= 0.3 is 0 Å². The molecule has 134 valence electrons. The molecule has 7 heteroatoms. The molecule has 1 saturated heterocycles. The second-order valence-corrected chi connectivity index (χ2v) is 8.78. The van der Waals surface area contributed by atoms with Crippen molar-refractivity contribution in [1.82, 2.24) is 15.1 Å². The lowest BCUT2D eigenvalue weighted by Crippen LogP contribution is -2.46. The van der Waals surface area contributed by atoms with Gasteiger partial charge in [0.25, 0.3) is 0 Å². The Bertz CT molecular complexity index is 691. The van der Waals surface area contributed by atoms with Crippen LogP contribution in [0.25, 0.3) is 0 Å². The lowest BCUT2D eigenvalue weighted by molar-refractivity contribution is -0.134. The number of carbonyl (C=O) groups is 1. The molecule has 5 nitrogen and oxygen atoms in total. The lowest BCUT2D eigenvalue weighted by atomic mass is 10.00. The molecule has 0 bridgehead atoms. The van der Waals surface area contributed by atoms with Crippen LogP contribution in [0.1, 0.15) is 39.5 Å². The highest BCUT2D eigenvalue weighted by Crippen LogP contribution is 2.32. The summed E-state index contributed by atoms with van der Waals surface area (Å²) in [5.74, 6) is 0.226. The lowest BCUT2D eigenvalue weighted by Gasteiger charge is -2.36. The Kier molecular flexibility index (Phi) is 6.31. The predicted octanol–water partition coefficient (Wildman–Crippen LogP) is 4.55. The minimum Gasteiger partial charge on any atom is -0.339 e. The molecule has 0 radical (unpaired) electrons. The number of likely N-dealkylation sites (tertiary alicyclic amines) is 1. The molecule has 25 heavy (non-hydrogen) atoms. The molecule has 0 unspecified atom stereocenters. The number of amides is 1. The number of para-hydroxylation sites is 1. The molecule has 2 aromatic rings. The van der Waals surface area contributed by atoms with E-state index in [9.17, 15) is 4.79 Å². The zero-order chi connectivity index (χ0) is 17.6. The standard InChI is InChI=1S/C18H24N4OS2/c1-3-15-11-7-8-12-22(15)16(23)13(2)24-18-21-20-17(25-18)19-14-9-5-4-6-10-14/h4-6,9-10,13,15H,3,7-8,11-12H2,1-2H3,(H,19,20)/t13-,15+/m0/s1. The van der Waals surface area contributed by atoms with Crippen molar-refractivity contribution in [3.05, 3.63) is 30.3 Å². The van der Waals surface area contributed by atoms with Gasteiger partial charge in [0.05, 0.1) is 5.25 Å². The number of piperidine rings is 1. The summed E-state index contributed by atoms with van der Waals surface area (Å²) in [7, 11) is 0. The first-order valence-electron chi connectivity index (χ1n) is 8.80. The van der Waals surface area contributed by atoms with Crippen LogP contribution in [-0.2, 0) is 4.79 Å². The van der Waals surface area contributed by atoms with Crippen molar-refractivity contribution in [3.63, 3.8) is 0 Å². The van der Waals surface area contributed by atoms with Crippen molar-refractivity contribution in [2.45, 2.75) is 55.2 Å². The summed E-state index contributed by atoms with van der Waals surface area (Å²) in [4.78, 5) is 14.9. The number of anilines is 2. The van der Waals surface area contributed by atoms with Crippen LogP contribution in [0, 0.1) is 0 Å². The molecule has 1 aliphatic heterocycles. The number of carbonyl (C=O) groups excluding carboxylic acids is 1. The van der Waals surface area contributed by atoms with Gasteiger partial charge < -0.3 is 10.2 Å². The van der Waals surface area contributed by atoms with Crippen LogP contribution < -0.4 is 5.32 Å². The van der Waals surface area contributed by atoms with Gasteiger partial charge in [0.2, 0.25) is 11.0 Å². The van der Waals surface area contributed by atoms with E-state index < -0.39 is 0 Å². The predicted molar refractivity (Wildman–Crippen MR) is 105 cm³/mol. The van der Waals surface area contributed by atoms with Gasteiger partial charge in [-0.2, -0.15) is 0 Å². The third-order valence-electron chi connectivity index (χ3n) is 4.44. The van der Waals surface area contributed by atoms with Crippen molar-refractivity contribution >= 4 is 39.8 Å². The monoisotopic (exact) mass is 376 g/mol. The maximum Gasteiger partial charge on any atom is 0.236 e. The number of thioether (sulfide) groups is 1. The Labute approximate surface area is 157 Å². The van der Waals surface area contributed by atoms with E-state index in [1.54, 1.807) is 0 Å². The Morgan fingerprint density at radius 3 is 2.92 bits per heavy atom. The van der Waals surface area contributed by atoms with Crippen molar-refractivity contribution < 1.29 is 4.79 Å². The molecule has 3 rings (SSSR count). The molecular weight excluding hydrogens is 352 g/mol. The summed E-state index contributed by atoms with van der Waals surface area (Å²) >= 11 is 2.99. The first kappa shape index (κ1) is 18.2. The topological polar surface area (TPSA) is 58.1 Å². The molecule has 0 saturated carbocycles. The van der Waals surface area contributed by atoms with E-state index in [1.165, 1.54) is 29.5 Å². The van der Waals surface area contributed by atoms with E-state index >= 15 is 0 Å². The molecule has 2 heterocycles. The maximum absolute atomic E-state index is 12.8.